The molecular weight excluding hydrogens is 467 g/mol. The molecule has 2 N–H and O–H groups in total. The van der Waals surface area contributed by atoms with E-state index in [9.17, 15) is 0 Å². The molecule has 154 valence electrons. The smallest absolute Gasteiger partial charge is 0.191 e. The molecule has 1 atom stereocenters. The number of hydrogen-bond donors (Lipinski definition) is 2. The molecule has 1 aliphatic heterocycles. The third-order valence-corrected chi connectivity index (χ3v) is 5.06. The first-order valence-electron chi connectivity index (χ1n) is 9.56. The minimum atomic E-state index is 0. The van der Waals surface area contributed by atoms with Crippen molar-refractivity contribution < 1.29 is 9.15 Å². The van der Waals surface area contributed by atoms with Gasteiger partial charge in [0.25, 0.3) is 0 Å². The van der Waals surface area contributed by atoms with E-state index < -0.39 is 0 Å². The van der Waals surface area contributed by atoms with E-state index in [1.165, 1.54) is 18.4 Å². The Morgan fingerprint density at radius 2 is 2.04 bits per heavy atom. The summed E-state index contributed by atoms with van der Waals surface area (Å²) in [4.78, 5) is 6.84. The van der Waals surface area contributed by atoms with E-state index in [0.717, 1.165) is 42.7 Å². The Hall–Kier alpha value is -1.74. The van der Waals surface area contributed by atoms with Gasteiger partial charge in [0.15, 0.2) is 5.96 Å². The monoisotopic (exact) mass is 498 g/mol. The lowest BCUT2D eigenvalue weighted by molar-refractivity contribution is 0.215. The van der Waals surface area contributed by atoms with Gasteiger partial charge in [0.1, 0.15) is 11.5 Å². The van der Waals surface area contributed by atoms with E-state index in [2.05, 4.69) is 45.6 Å². The third-order valence-electron chi connectivity index (χ3n) is 5.06. The van der Waals surface area contributed by atoms with Crippen LogP contribution in [0.15, 0.2) is 46.0 Å². The van der Waals surface area contributed by atoms with Gasteiger partial charge in [-0.05, 0) is 62.2 Å². The van der Waals surface area contributed by atoms with E-state index in [4.69, 9.17) is 9.15 Å². The fourth-order valence-corrected chi connectivity index (χ4v) is 3.59. The number of ether oxygens (including phenoxy) is 1. The van der Waals surface area contributed by atoms with Gasteiger partial charge in [-0.15, -0.1) is 24.0 Å². The number of nitrogens with one attached hydrogen (secondary N) is 2. The number of aliphatic imine (C=N–C) groups is 1. The van der Waals surface area contributed by atoms with Crippen molar-refractivity contribution in [2.45, 2.75) is 32.4 Å². The van der Waals surface area contributed by atoms with E-state index in [0.29, 0.717) is 6.54 Å². The normalized spacial score (nSPS) is 15.8. The van der Waals surface area contributed by atoms with E-state index >= 15 is 0 Å². The molecular formula is C21H31IN4O2. The number of halogens is 1. The number of guanidine groups is 1. The lowest BCUT2D eigenvalue weighted by Gasteiger charge is -2.26. The van der Waals surface area contributed by atoms with E-state index in [1.807, 2.05) is 12.1 Å². The highest BCUT2D eigenvalue weighted by molar-refractivity contribution is 14.0. The Balaban J connectivity index is 0.00000280. The zero-order chi connectivity index (χ0) is 19.1. The van der Waals surface area contributed by atoms with Crippen molar-refractivity contribution in [1.82, 2.24) is 15.5 Å². The molecule has 2 heterocycles. The van der Waals surface area contributed by atoms with Crippen LogP contribution in [0.2, 0.25) is 0 Å². The molecule has 0 spiro atoms. The molecule has 1 aliphatic rings. The minimum Gasteiger partial charge on any atom is -0.496 e. The molecule has 1 unspecified atom stereocenters. The Labute approximate surface area is 184 Å². The zero-order valence-corrected chi connectivity index (χ0v) is 19.2. The number of rotatable bonds is 7. The number of hydrogen-bond acceptors (Lipinski definition) is 4. The maximum absolute atomic E-state index is 5.68. The molecule has 0 amide bonds. The highest BCUT2D eigenvalue weighted by Gasteiger charge is 2.25. The van der Waals surface area contributed by atoms with Gasteiger partial charge in [-0.2, -0.15) is 0 Å². The van der Waals surface area contributed by atoms with E-state index in [1.54, 1.807) is 20.4 Å². The Kier molecular flexibility index (Phi) is 9.11. The van der Waals surface area contributed by atoms with Crippen molar-refractivity contribution in [1.29, 1.82) is 0 Å². The summed E-state index contributed by atoms with van der Waals surface area (Å²) in [6.07, 6.45) is 4.25. The van der Waals surface area contributed by atoms with E-state index in [-0.39, 0.29) is 30.0 Å². The largest absolute Gasteiger partial charge is 0.496 e. The summed E-state index contributed by atoms with van der Waals surface area (Å²) in [6.45, 7) is 5.75. The van der Waals surface area contributed by atoms with Crippen molar-refractivity contribution >= 4 is 29.9 Å². The maximum atomic E-state index is 5.68. The first kappa shape index (κ1) is 22.5. The molecule has 0 radical (unpaired) electrons. The predicted molar refractivity (Wildman–Crippen MR) is 124 cm³/mol. The second-order valence-corrected chi connectivity index (χ2v) is 6.88. The SMILES string of the molecule is CN=C(NCc1ccc(OC)c(C)c1)NCC(c1ccco1)N1CCCC1.I. The van der Waals surface area contributed by atoms with Crippen LogP contribution in [0, 0.1) is 6.92 Å². The van der Waals surface area contributed by atoms with Crippen molar-refractivity contribution in [3.8, 4) is 5.75 Å². The Morgan fingerprint density at radius 1 is 1.25 bits per heavy atom. The lowest BCUT2D eigenvalue weighted by Crippen LogP contribution is -2.42. The molecule has 1 aromatic heterocycles. The van der Waals surface area contributed by atoms with Crippen LogP contribution in [0.3, 0.4) is 0 Å². The highest BCUT2D eigenvalue weighted by atomic mass is 127. The van der Waals surface area contributed by atoms with Crippen molar-refractivity contribution in [3.05, 3.63) is 53.5 Å². The second kappa shape index (κ2) is 11.3. The third kappa shape index (κ3) is 5.88. The number of likely N-dealkylation sites (tertiary alicyclic amines) is 1. The number of nitrogens with zero attached hydrogens (tertiary/aromatic N) is 2. The van der Waals surface area contributed by atoms with Crippen molar-refractivity contribution in [2.75, 3.05) is 33.8 Å². The summed E-state index contributed by atoms with van der Waals surface area (Å²) in [5.74, 6) is 2.71. The molecule has 1 aromatic carbocycles. The summed E-state index contributed by atoms with van der Waals surface area (Å²) in [7, 11) is 3.49. The summed E-state index contributed by atoms with van der Waals surface area (Å²) in [6, 6.07) is 10.4. The molecule has 0 saturated carbocycles. The Bertz CT molecular complexity index is 743. The van der Waals surface area contributed by atoms with Gasteiger partial charge in [0, 0.05) is 20.1 Å². The summed E-state index contributed by atoms with van der Waals surface area (Å²) >= 11 is 0. The molecule has 6 nitrogen and oxygen atoms in total. The first-order valence-corrected chi connectivity index (χ1v) is 9.56. The number of methoxy groups -OCH3 is 1. The van der Waals surface area contributed by atoms with Crippen LogP contribution in [0.5, 0.6) is 5.75 Å². The summed E-state index contributed by atoms with van der Waals surface area (Å²) < 4.78 is 11.0. The van der Waals surface area contributed by atoms with Crippen LogP contribution in [-0.4, -0.2) is 44.7 Å². The van der Waals surface area contributed by atoms with Crippen molar-refractivity contribution in [2.24, 2.45) is 4.99 Å². The molecule has 1 fully saturated rings. The van der Waals surface area contributed by atoms with Crippen LogP contribution < -0.4 is 15.4 Å². The molecule has 1 saturated heterocycles. The number of aryl methyl sites for hydroxylation is 1. The predicted octanol–water partition coefficient (Wildman–Crippen LogP) is 3.72. The average molecular weight is 498 g/mol. The fourth-order valence-electron chi connectivity index (χ4n) is 3.59. The van der Waals surface area contributed by atoms with Crippen LogP contribution in [0.4, 0.5) is 0 Å². The molecule has 28 heavy (non-hydrogen) atoms. The standard InChI is InChI=1S/C21H30N4O2.HI/c1-16-13-17(8-9-19(16)26-3)14-23-21(22-2)24-15-18(20-7-6-12-27-20)25-10-4-5-11-25;/h6-9,12-13,18H,4-5,10-11,14-15H2,1-3H3,(H2,22,23,24);1H. The molecule has 3 rings (SSSR count). The first-order chi connectivity index (χ1) is 13.2. The van der Waals surface area contributed by atoms with Crippen LogP contribution >= 0.6 is 24.0 Å². The summed E-state index contributed by atoms with van der Waals surface area (Å²) in [5, 5.41) is 6.85. The Morgan fingerprint density at radius 3 is 2.64 bits per heavy atom. The maximum Gasteiger partial charge on any atom is 0.191 e. The van der Waals surface area contributed by atoms with Gasteiger partial charge < -0.3 is 19.8 Å². The van der Waals surface area contributed by atoms with Crippen LogP contribution in [-0.2, 0) is 6.54 Å². The number of furan rings is 1. The van der Waals surface area contributed by atoms with Gasteiger partial charge in [0.05, 0.1) is 19.4 Å². The number of benzene rings is 1. The fraction of sp³-hybridized carbons (Fsp3) is 0.476. The highest BCUT2D eigenvalue weighted by Crippen LogP contribution is 2.24. The van der Waals surface area contributed by atoms with Crippen molar-refractivity contribution in [3.63, 3.8) is 0 Å². The molecule has 0 bridgehead atoms. The second-order valence-electron chi connectivity index (χ2n) is 6.88. The topological polar surface area (TPSA) is 62.0 Å². The molecule has 0 aliphatic carbocycles. The zero-order valence-electron chi connectivity index (χ0n) is 16.9. The summed E-state index contributed by atoms with van der Waals surface area (Å²) in [5.41, 5.74) is 2.32. The average Bonchev–Trinajstić information content (AvgIpc) is 3.39. The molecule has 2 aromatic rings. The molecule has 7 heteroatoms. The van der Waals surface area contributed by atoms with Gasteiger partial charge >= 0.3 is 0 Å². The van der Waals surface area contributed by atoms with Crippen LogP contribution in [0.25, 0.3) is 0 Å². The van der Waals surface area contributed by atoms with Gasteiger partial charge in [-0.3, -0.25) is 9.89 Å². The van der Waals surface area contributed by atoms with Gasteiger partial charge in [0.2, 0.25) is 0 Å². The van der Waals surface area contributed by atoms with Gasteiger partial charge in [-0.1, -0.05) is 12.1 Å². The lowest BCUT2D eigenvalue weighted by atomic mass is 10.1. The quantitative estimate of drug-likeness (QED) is 0.346. The van der Waals surface area contributed by atoms with Gasteiger partial charge in [-0.25, -0.2) is 0 Å². The van der Waals surface area contributed by atoms with Crippen LogP contribution in [0.1, 0.15) is 35.8 Å². The minimum absolute atomic E-state index is 0.